The maximum Gasteiger partial charge on any atom is 0.222 e. The van der Waals surface area contributed by atoms with Gasteiger partial charge in [0.25, 0.3) is 0 Å². The van der Waals surface area contributed by atoms with Crippen molar-refractivity contribution < 1.29 is 9.90 Å². The third kappa shape index (κ3) is 5.74. The predicted octanol–water partition coefficient (Wildman–Crippen LogP) is 0.780. The first-order valence-corrected chi connectivity index (χ1v) is 5.54. The minimum absolute atomic E-state index is 0.0835. The number of rotatable bonds is 6. The fourth-order valence-electron chi connectivity index (χ4n) is 1.23. The van der Waals surface area contributed by atoms with E-state index < -0.39 is 11.6 Å². The Labute approximate surface area is 92.2 Å². The highest BCUT2D eigenvalue weighted by atomic mass is 16.3. The standard InChI is InChI=1S/C11H24N2O2/c1-5-6-9(12)7-10(15)13-11(3,4)8(2)14/h8-9,14H,5-7,12H2,1-4H3,(H,13,15). The number of carbonyl (C=O) groups excluding carboxylic acids is 1. The maximum atomic E-state index is 11.5. The van der Waals surface area contributed by atoms with E-state index in [0.29, 0.717) is 6.42 Å². The monoisotopic (exact) mass is 216 g/mol. The molecule has 2 unspecified atom stereocenters. The first kappa shape index (κ1) is 14.4. The normalized spacial score (nSPS) is 15.9. The molecule has 0 bridgehead atoms. The molecule has 2 atom stereocenters. The average Bonchev–Trinajstić information content (AvgIpc) is 2.02. The van der Waals surface area contributed by atoms with E-state index in [9.17, 15) is 9.90 Å². The topological polar surface area (TPSA) is 75.4 Å². The summed E-state index contributed by atoms with van der Waals surface area (Å²) in [5.74, 6) is -0.0955. The molecule has 0 spiro atoms. The Morgan fingerprint density at radius 3 is 2.47 bits per heavy atom. The third-order valence-electron chi connectivity index (χ3n) is 2.61. The Hall–Kier alpha value is -0.610. The Morgan fingerprint density at radius 2 is 2.07 bits per heavy atom. The van der Waals surface area contributed by atoms with E-state index in [1.807, 2.05) is 6.92 Å². The fraction of sp³-hybridized carbons (Fsp3) is 0.909. The quantitative estimate of drug-likeness (QED) is 0.614. The highest BCUT2D eigenvalue weighted by Crippen LogP contribution is 2.09. The SMILES string of the molecule is CCCC(N)CC(=O)NC(C)(C)C(C)O. The summed E-state index contributed by atoms with van der Waals surface area (Å²) in [5.41, 5.74) is 5.16. The Balaban J connectivity index is 4.03. The van der Waals surface area contributed by atoms with E-state index in [1.165, 1.54) is 0 Å². The third-order valence-corrected chi connectivity index (χ3v) is 2.61. The van der Waals surface area contributed by atoms with Crippen LogP contribution in [0.3, 0.4) is 0 Å². The largest absolute Gasteiger partial charge is 0.391 e. The van der Waals surface area contributed by atoms with Crippen LogP contribution in [0.4, 0.5) is 0 Å². The Morgan fingerprint density at radius 1 is 1.53 bits per heavy atom. The van der Waals surface area contributed by atoms with Gasteiger partial charge in [0, 0.05) is 12.5 Å². The van der Waals surface area contributed by atoms with Gasteiger partial charge in [-0.05, 0) is 27.2 Å². The van der Waals surface area contributed by atoms with Gasteiger partial charge in [0.1, 0.15) is 0 Å². The van der Waals surface area contributed by atoms with Gasteiger partial charge in [-0.1, -0.05) is 13.3 Å². The van der Waals surface area contributed by atoms with Crippen molar-refractivity contribution in [1.29, 1.82) is 0 Å². The second-order valence-corrected chi connectivity index (χ2v) is 4.70. The first-order valence-electron chi connectivity index (χ1n) is 5.54. The number of nitrogens with two attached hydrogens (primary N) is 1. The van der Waals surface area contributed by atoms with Crippen molar-refractivity contribution >= 4 is 5.91 Å². The summed E-state index contributed by atoms with van der Waals surface area (Å²) < 4.78 is 0. The van der Waals surface area contributed by atoms with Crippen molar-refractivity contribution in [1.82, 2.24) is 5.32 Å². The molecule has 15 heavy (non-hydrogen) atoms. The van der Waals surface area contributed by atoms with Gasteiger partial charge in [-0.3, -0.25) is 4.79 Å². The van der Waals surface area contributed by atoms with Gasteiger partial charge in [-0.2, -0.15) is 0 Å². The molecule has 0 aromatic carbocycles. The predicted molar refractivity (Wildman–Crippen MR) is 61.4 cm³/mol. The van der Waals surface area contributed by atoms with Crippen LogP contribution in [-0.4, -0.2) is 28.7 Å². The van der Waals surface area contributed by atoms with Crippen molar-refractivity contribution in [2.24, 2.45) is 5.73 Å². The number of hydrogen-bond donors (Lipinski definition) is 3. The van der Waals surface area contributed by atoms with Crippen molar-refractivity contribution in [3.05, 3.63) is 0 Å². The number of aliphatic hydroxyl groups is 1. The Bertz CT molecular complexity index is 203. The van der Waals surface area contributed by atoms with Crippen LogP contribution in [0.15, 0.2) is 0 Å². The van der Waals surface area contributed by atoms with Crippen LogP contribution in [0.5, 0.6) is 0 Å². The molecule has 0 aliphatic rings. The van der Waals surface area contributed by atoms with Crippen LogP contribution in [0.1, 0.15) is 47.0 Å². The van der Waals surface area contributed by atoms with Crippen molar-refractivity contribution in [3.8, 4) is 0 Å². The lowest BCUT2D eigenvalue weighted by Crippen LogP contribution is -2.51. The summed E-state index contributed by atoms with van der Waals surface area (Å²) in [6.07, 6.45) is 1.57. The summed E-state index contributed by atoms with van der Waals surface area (Å²) in [6.45, 7) is 7.28. The van der Waals surface area contributed by atoms with Crippen molar-refractivity contribution in [3.63, 3.8) is 0 Å². The molecule has 0 aromatic heterocycles. The lowest BCUT2D eigenvalue weighted by Gasteiger charge is -2.29. The van der Waals surface area contributed by atoms with E-state index in [2.05, 4.69) is 5.32 Å². The molecular formula is C11H24N2O2. The summed E-state index contributed by atoms with van der Waals surface area (Å²) in [6, 6.07) is -0.0835. The molecule has 4 heteroatoms. The highest BCUT2D eigenvalue weighted by Gasteiger charge is 2.26. The smallest absolute Gasteiger partial charge is 0.222 e. The van der Waals surface area contributed by atoms with E-state index in [0.717, 1.165) is 12.8 Å². The molecular weight excluding hydrogens is 192 g/mol. The fourth-order valence-corrected chi connectivity index (χ4v) is 1.23. The van der Waals surface area contributed by atoms with E-state index in [4.69, 9.17) is 5.73 Å². The first-order chi connectivity index (χ1) is 6.79. The van der Waals surface area contributed by atoms with Crippen LogP contribution in [-0.2, 0) is 4.79 Å². The van der Waals surface area contributed by atoms with Gasteiger partial charge < -0.3 is 16.2 Å². The molecule has 0 rings (SSSR count). The summed E-state index contributed by atoms with van der Waals surface area (Å²) in [5, 5.41) is 12.2. The molecule has 0 aliphatic heterocycles. The lowest BCUT2D eigenvalue weighted by atomic mass is 9.98. The molecule has 1 amide bonds. The number of nitrogens with one attached hydrogen (secondary N) is 1. The number of hydrogen-bond acceptors (Lipinski definition) is 3. The molecule has 0 aromatic rings. The van der Waals surface area contributed by atoms with Crippen LogP contribution in [0, 0.1) is 0 Å². The van der Waals surface area contributed by atoms with E-state index >= 15 is 0 Å². The molecule has 0 saturated carbocycles. The zero-order valence-corrected chi connectivity index (χ0v) is 10.2. The maximum absolute atomic E-state index is 11.5. The zero-order chi connectivity index (χ0) is 12.1. The molecule has 0 heterocycles. The molecule has 0 fully saturated rings. The van der Waals surface area contributed by atoms with Gasteiger partial charge in [-0.25, -0.2) is 0 Å². The number of carbonyl (C=O) groups is 1. The van der Waals surface area contributed by atoms with Gasteiger partial charge in [0.05, 0.1) is 11.6 Å². The molecule has 90 valence electrons. The highest BCUT2D eigenvalue weighted by molar-refractivity contribution is 5.77. The van der Waals surface area contributed by atoms with Crippen LogP contribution in [0.25, 0.3) is 0 Å². The second kappa shape index (κ2) is 6.08. The van der Waals surface area contributed by atoms with Crippen molar-refractivity contribution in [2.45, 2.75) is 64.6 Å². The Kier molecular flexibility index (Phi) is 5.83. The minimum Gasteiger partial charge on any atom is -0.391 e. The average molecular weight is 216 g/mol. The summed E-state index contributed by atoms with van der Waals surface area (Å²) >= 11 is 0. The van der Waals surface area contributed by atoms with E-state index in [1.54, 1.807) is 20.8 Å². The molecule has 4 N–H and O–H groups in total. The van der Waals surface area contributed by atoms with Crippen molar-refractivity contribution in [2.75, 3.05) is 0 Å². The second-order valence-electron chi connectivity index (χ2n) is 4.70. The summed E-state index contributed by atoms with van der Waals surface area (Å²) in [4.78, 5) is 11.5. The minimum atomic E-state index is -0.594. The van der Waals surface area contributed by atoms with Crippen LogP contribution >= 0.6 is 0 Å². The molecule has 0 radical (unpaired) electrons. The van der Waals surface area contributed by atoms with Gasteiger partial charge in [0.2, 0.25) is 5.91 Å². The molecule has 4 nitrogen and oxygen atoms in total. The van der Waals surface area contributed by atoms with Crippen LogP contribution < -0.4 is 11.1 Å². The number of amides is 1. The van der Waals surface area contributed by atoms with E-state index in [-0.39, 0.29) is 11.9 Å². The number of aliphatic hydroxyl groups excluding tert-OH is 1. The van der Waals surface area contributed by atoms with Gasteiger partial charge in [0.15, 0.2) is 0 Å². The zero-order valence-electron chi connectivity index (χ0n) is 10.2. The molecule has 0 aliphatic carbocycles. The van der Waals surface area contributed by atoms with Crippen LogP contribution in [0.2, 0.25) is 0 Å². The lowest BCUT2D eigenvalue weighted by molar-refractivity contribution is -0.124. The van der Waals surface area contributed by atoms with Gasteiger partial charge >= 0.3 is 0 Å². The van der Waals surface area contributed by atoms with Gasteiger partial charge in [-0.15, -0.1) is 0 Å². The molecule has 0 saturated heterocycles. The summed E-state index contributed by atoms with van der Waals surface area (Å²) in [7, 11) is 0.